The number of imidazole rings is 1. The minimum atomic E-state index is -1.24. The SMILES string of the molecule is CCCCc1nc(Cl)c(CON(C=O)C(CCCCNC(=O)OC(C)(C)C)C(=O)O)n1Cc1ccc(-c2ccccc2-c2nnn[nH]2)cc1. The summed E-state index contributed by atoms with van der Waals surface area (Å²) in [6, 6.07) is 14.7. The number of halogens is 1. The number of nitrogens with one attached hydrogen (secondary N) is 2. The van der Waals surface area contributed by atoms with Crippen LogP contribution in [0.5, 0.6) is 0 Å². The molecule has 4 aromatic rings. The van der Waals surface area contributed by atoms with Crippen LogP contribution in [0.3, 0.4) is 0 Å². The van der Waals surface area contributed by atoms with E-state index in [0.29, 0.717) is 50.3 Å². The third-order valence-corrected chi connectivity index (χ3v) is 7.91. The van der Waals surface area contributed by atoms with Gasteiger partial charge < -0.3 is 19.7 Å². The van der Waals surface area contributed by atoms with Crippen LogP contribution in [0, 0.1) is 0 Å². The minimum Gasteiger partial charge on any atom is -0.480 e. The number of aryl methyl sites for hydroxylation is 1. The summed E-state index contributed by atoms with van der Waals surface area (Å²) in [5.74, 6) is 0.127. The Morgan fingerprint density at radius 3 is 2.47 bits per heavy atom. The highest BCUT2D eigenvalue weighted by Crippen LogP contribution is 2.30. The molecule has 15 heteroatoms. The largest absolute Gasteiger partial charge is 0.480 e. The molecule has 0 radical (unpaired) electrons. The van der Waals surface area contributed by atoms with Crippen molar-refractivity contribution in [2.45, 2.75) is 91.0 Å². The molecule has 0 saturated carbocycles. The molecule has 14 nitrogen and oxygen atoms in total. The Morgan fingerprint density at radius 1 is 1.10 bits per heavy atom. The van der Waals surface area contributed by atoms with Gasteiger partial charge in [0.2, 0.25) is 6.41 Å². The van der Waals surface area contributed by atoms with E-state index in [2.05, 4.69) is 37.8 Å². The number of benzene rings is 2. The molecule has 0 spiro atoms. The Labute approximate surface area is 290 Å². The van der Waals surface area contributed by atoms with Crippen molar-refractivity contribution < 1.29 is 29.1 Å². The molecule has 0 aliphatic rings. The number of carboxylic acids is 1. The first-order chi connectivity index (χ1) is 23.5. The zero-order chi connectivity index (χ0) is 35.4. The first-order valence-electron chi connectivity index (χ1n) is 16.2. The van der Waals surface area contributed by atoms with E-state index in [1.54, 1.807) is 20.8 Å². The van der Waals surface area contributed by atoms with E-state index in [1.807, 2.05) is 53.1 Å². The van der Waals surface area contributed by atoms with Crippen LogP contribution in [-0.2, 0) is 38.7 Å². The first-order valence-corrected chi connectivity index (χ1v) is 16.6. The van der Waals surface area contributed by atoms with Gasteiger partial charge in [-0.05, 0) is 73.6 Å². The molecule has 0 aliphatic carbocycles. The summed E-state index contributed by atoms with van der Waals surface area (Å²) in [5, 5.41) is 27.9. The van der Waals surface area contributed by atoms with Crippen molar-refractivity contribution in [3.8, 4) is 22.5 Å². The molecular formula is C34H43ClN8O6. The van der Waals surface area contributed by atoms with Gasteiger partial charge in [0.1, 0.15) is 18.0 Å². The van der Waals surface area contributed by atoms with Gasteiger partial charge in [0.05, 0.1) is 5.69 Å². The lowest BCUT2D eigenvalue weighted by Gasteiger charge is -2.24. The van der Waals surface area contributed by atoms with Crippen LogP contribution >= 0.6 is 11.6 Å². The number of alkyl carbamates (subject to hydrolysis) is 1. The second kappa shape index (κ2) is 17.5. The number of rotatable bonds is 18. The molecule has 2 amide bonds. The first kappa shape index (κ1) is 37.0. The number of carbonyl (C=O) groups excluding carboxylic acids is 2. The molecule has 1 atom stereocenters. The van der Waals surface area contributed by atoms with Crippen molar-refractivity contribution >= 4 is 30.1 Å². The lowest BCUT2D eigenvalue weighted by molar-refractivity contribution is -0.202. The van der Waals surface area contributed by atoms with Crippen molar-refractivity contribution in [2.24, 2.45) is 0 Å². The van der Waals surface area contributed by atoms with Gasteiger partial charge in [-0.1, -0.05) is 73.5 Å². The van der Waals surface area contributed by atoms with Gasteiger partial charge in [-0.3, -0.25) is 9.63 Å². The molecule has 3 N–H and O–H groups in total. The number of carboxylic acid groups (broad SMARTS) is 1. The van der Waals surface area contributed by atoms with Crippen molar-refractivity contribution in [1.29, 1.82) is 0 Å². The number of tetrazole rings is 1. The fourth-order valence-electron chi connectivity index (χ4n) is 5.20. The zero-order valence-corrected chi connectivity index (χ0v) is 28.9. The van der Waals surface area contributed by atoms with E-state index >= 15 is 0 Å². The molecule has 2 aromatic carbocycles. The number of nitrogens with zero attached hydrogens (tertiary/aromatic N) is 6. The standard InChI is InChI=1S/C34H43ClN8O6/c1-5-6-14-29-37-30(35)28(21-48-43(22-44)27(32(45)46)13-9-10-19-36-33(47)49-34(2,3)4)42(29)20-23-15-17-24(18-16-23)25-11-7-8-12-26(25)31-38-40-41-39-31/h7-8,11-12,15-18,22,27H,5-6,9-10,13-14,19-21H2,1-4H3,(H,36,47)(H,45,46)(H,38,39,40,41). The molecule has 1 unspecified atom stereocenters. The molecule has 49 heavy (non-hydrogen) atoms. The molecule has 0 aliphatic heterocycles. The summed E-state index contributed by atoms with van der Waals surface area (Å²) in [4.78, 5) is 46.4. The van der Waals surface area contributed by atoms with E-state index in [9.17, 15) is 19.5 Å². The van der Waals surface area contributed by atoms with Gasteiger partial charge in [0.15, 0.2) is 17.0 Å². The van der Waals surface area contributed by atoms with Crippen molar-refractivity contribution in [2.75, 3.05) is 6.54 Å². The lowest BCUT2D eigenvalue weighted by atomic mass is 9.98. The quantitative estimate of drug-likeness (QED) is 0.0654. The molecule has 4 rings (SSSR count). The number of aromatic amines is 1. The molecule has 0 saturated heterocycles. The molecule has 0 bridgehead atoms. The molecule has 2 aromatic heterocycles. The van der Waals surface area contributed by atoms with Crippen LogP contribution in [0.15, 0.2) is 48.5 Å². The topological polar surface area (TPSA) is 177 Å². The highest BCUT2D eigenvalue weighted by atomic mass is 35.5. The van der Waals surface area contributed by atoms with Crippen LogP contribution in [0.4, 0.5) is 4.79 Å². The van der Waals surface area contributed by atoms with Gasteiger partial charge in [0, 0.05) is 25.1 Å². The summed E-state index contributed by atoms with van der Waals surface area (Å²) in [5.41, 5.74) is 3.71. The smallest absolute Gasteiger partial charge is 0.407 e. The normalized spacial score (nSPS) is 12.0. The van der Waals surface area contributed by atoms with E-state index in [1.165, 1.54) is 0 Å². The van der Waals surface area contributed by atoms with Gasteiger partial charge in [-0.25, -0.2) is 24.7 Å². The van der Waals surface area contributed by atoms with E-state index in [4.69, 9.17) is 21.2 Å². The Bertz CT molecular complexity index is 1670. The maximum absolute atomic E-state index is 12.1. The van der Waals surface area contributed by atoms with Gasteiger partial charge in [0.25, 0.3) is 0 Å². The van der Waals surface area contributed by atoms with Crippen LogP contribution in [0.25, 0.3) is 22.5 Å². The number of H-pyrrole nitrogens is 1. The fourth-order valence-corrected chi connectivity index (χ4v) is 5.45. The van der Waals surface area contributed by atoms with Gasteiger partial charge in [-0.15, -0.1) is 5.10 Å². The van der Waals surface area contributed by atoms with E-state index in [-0.39, 0.29) is 18.2 Å². The zero-order valence-electron chi connectivity index (χ0n) is 28.2. The fraction of sp³-hybridized carbons (Fsp3) is 0.441. The Balaban J connectivity index is 1.45. The van der Waals surface area contributed by atoms with Crippen LogP contribution < -0.4 is 5.32 Å². The maximum atomic E-state index is 12.1. The molecular weight excluding hydrogens is 652 g/mol. The second-order valence-corrected chi connectivity index (χ2v) is 12.8. The Hall–Kier alpha value is -4.82. The highest BCUT2D eigenvalue weighted by molar-refractivity contribution is 6.30. The number of amides is 2. The third kappa shape index (κ3) is 10.6. The number of aromatic nitrogens is 6. The van der Waals surface area contributed by atoms with Crippen LogP contribution in [0.1, 0.15) is 76.9 Å². The monoisotopic (exact) mass is 694 g/mol. The van der Waals surface area contributed by atoms with Crippen molar-refractivity contribution in [3.63, 3.8) is 0 Å². The number of carbonyl (C=O) groups is 3. The molecule has 2 heterocycles. The van der Waals surface area contributed by atoms with Gasteiger partial charge >= 0.3 is 12.1 Å². The van der Waals surface area contributed by atoms with Crippen molar-refractivity contribution in [3.05, 3.63) is 70.8 Å². The molecule has 0 fully saturated rings. The number of aliphatic carboxylic acids is 1. The number of hydrogen-bond acceptors (Lipinski definition) is 9. The number of hydrogen-bond donors (Lipinski definition) is 3. The second-order valence-electron chi connectivity index (χ2n) is 12.5. The van der Waals surface area contributed by atoms with Crippen molar-refractivity contribution in [1.82, 2.24) is 40.6 Å². The van der Waals surface area contributed by atoms with E-state index in [0.717, 1.165) is 46.0 Å². The predicted octanol–water partition coefficient (Wildman–Crippen LogP) is 5.81. The van der Waals surface area contributed by atoms with E-state index < -0.39 is 23.7 Å². The number of unbranched alkanes of at least 4 members (excludes halogenated alkanes) is 2. The average Bonchev–Trinajstić information content (AvgIpc) is 3.70. The maximum Gasteiger partial charge on any atom is 0.407 e. The summed E-state index contributed by atoms with van der Waals surface area (Å²) in [6.07, 6.45) is 3.35. The number of ether oxygens (including phenoxy) is 1. The van der Waals surface area contributed by atoms with Crippen LogP contribution in [-0.4, -0.2) is 77.0 Å². The highest BCUT2D eigenvalue weighted by Gasteiger charge is 2.27. The summed E-state index contributed by atoms with van der Waals surface area (Å²) in [7, 11) is 0. The summed E-state index contributed by atoms with van der Waals surface area (Å²) < 4.78 is 7.17. The Kier molecular flexibility index (Phi) is 13.2. The Morgan fingerprint density at radius 2 is 1.84 bits per heavy atom. The number of hydroxylamine groups is 2. The summed E-state index contributed by atoms with van der Waals surface area (Å²) >= 11 is 6.62. The average molecular weight is 695 g/mol. The third-order valence-electron chi connectivity index (χ3n) is 7.61. The lowest BCUT2D eigenvalue weighted by Crippen LogP contribution is -2.40. The summed E-state index contributed by atoms with van der Waals surface area (Å²) in [6.45, 7) is 7.95. The molecule has 262 valence electrons. The predicted molar refractivity (Wildman–Crippen MR) is 182 cm³/mol. The van der Waals surface area contributed by atoms with Crippen LogP contribution in [0.2, 0.25) is 5.15 Å². The minimum absolute atomic E-state index is 0.112. The van der Waals surface area contributed by atoms with Gasteiger partial charge in [-0.2, -0.15) is 0 Å².